The molecule has 2 rings (SSSR count). The highest BCUT2D eigenvalue weighted by Gasteiger charge is 2.20. The molecule has 0 saturated heterocycles. The molecule has 2 aromatic rings. The molecule has 0 fully saturated rings. The lowest BCUT2D eigenvalue weighted by Crippen LogP contribution is -2.35. The molecule has 2 N–H and O–H groups in total. The first-order chi connectivity index (χ1) is 14.7. The summed E-state index contributed by atoms with van der Waals surface area (Å²) >= 11 is 0. The minimum absolute atomic E-state index is 0.257. The van der Waals surface area contributed by atoms with Gasteiger partial charge in [0.05, 0.1) is 0 Å². The molecular formula is C23H28N2O5S. The van der Waals surface area contributed by atoms with E-state index in [2.05, 4.69) is 23.9 Å². The predicted molar refractivity (Wildman–Crippen MR) is 122 cm³/mol. The molecule has 8 heteroatoms. The molecule has 2 aromatic carbocycles. The molecule has 0 aliphatic carbocycles. The van der Waals surface area contributed by atoms with Crippen LogP contribution in [0.4, 0.5) is 5.69 Å². The lowest BCUT2D eigenvalue weighted by atomic mass is 9.97. The van der Waals surface area contributed by atoms with Crippen molar-refractivity contribution in [3.8, 4) is 0 Å². The SMILES string of the molecule is CCC(C)c1ccccc1NC(=O)C(C)OC(=O)CNS(=O)(=O)/C=C/c1ccccc1. The third-order valence-electron chi connectivity index (χ3n) is 4.70. The number of hydrogen-bond acceptors (Lipinski definition) is 5. The van der Waals surface area contributed by atoms with E-state index in [1.807, 2.05) is 24.3 Å². The fraction of sp³-hybridized carbons (Fsp3) is 0.304. The number of ether oxygens (including phenoxy) is 1. The van der Waals surface area contributed by atoms with Crippen molar-refractivity contribution < 1.29 is 22.7 Å². The number of esters is 1. The van der Waals surface area contributed by atoms with Gasteiger partial charge in [0.1, 0.15) is 6.54 Å². The summed E-state index contributed by atoms with van der Waals surface area (Å²) in [5, 5.41) is 3.75. The Balaban J connectivity index is 1.88. The first-order valence-corrected chi connectivity index (χ1v) is 11.6. The number of rotatable bonds is 10. The third-order valence-corrected chi connectivity index (χ3v) is 5.74. The molecule has 31 heavy (non-hydrogen) atoms. The molecule has 0 aromatic heterocycles. The number of anilines is 1. The maximum atomic E-state index is 12.4. The summed E-state index contributed by atoms with van der Waals surface area (Å²) in [7, 11) is -3.83. The lowest BCUT2D eigenvalue weighted by Gasteiger charge is -2.18. The molecule has 166 valence electrons. The van der Waals surface area contributed by atoms with Crippen LogP contribution in [0.15, 0.2) is 60.0 Å². The fourth-order valence-corrected chi connectivity index (χ4v) is 3.48. The van der Waals surface area contributed by atoms with E-state index in [9.17, 15) is 18.0 Å². The predicted octanol–water partition coefficient (Wildman–Crippen LogP) is 3.66. The van der Waals surface area contributed by atoms with Crippen molar-refractivity contribution in [2.24, 2.45) is 0 Å². The summed E-state index contributed by atoms with van der Waals surface area (Å²) in [6.45, 7) is 4.97. The van der Waals surface area contributed by atoms with Crippen molar-refractivity contribution in [3.05, 3.63) is 71.1 Å². The van der Waals surface area contributed by atoms with Crippen LogP contribution in [0.3, 0.4) is 0 Å². The number of nitrogens with one attached hydrogen (secondary N) is 2. The van der Waals surface area contributed by atoms with Gasteiger partial charge in [-0.1, -0.05) is 62.4 Å². The second-order valence-electron chi connectivity index (χ2n) is 7.10. The first-order valence-electron chi connectivity index (χ1n) is 10.0. The average molecular weight is 445 g/mol. The minimum atomic E-state index is -3.83. The second kappa shape index (κ2) is 11.4. The van der Waals surface area contributed by atoms with Crippen LogP contribution in [0.1, 0.15) is 44.2 Å². The molecule has 0 saturated carbocycles. The molecule has 0 aliphatic rings. The largest absolute Gasteiger partial charge is 0.452 e. The highest BCUT2D eigenvalue weighted by molar-refractivity contribution is 7.92. The van der Waals surface area contributed by atoms with E-state index in [-0.39, 0.29) is 5.92 Å². The zero-order valence-corrected chi connectivity index (χ0v) is 18.7. The van der Waals surface area contributed by atoms with Crippen molar-refractivity contribution in [2.75, 3.05) is 11.9 Å². The van der Waals surface area contributed by atoms with Gasteiger partial charge in [-0.15, -0.1) is 0 Å². The summed E-state index contributed by atoms with van der Waals surface area (Å²) < 4.78 is 31.2. The maximum absolute atomic E-state index is 12.4. The van der Waals surface area contributed by atoms with Gasteiger partial charge >= 0.3 is 5.97 Å². The lowest BCUT2D eigenvalue weighted by molar-refractivity contribution is -0.151. The summed E-state index contributed by atoms with van der Waals surface area (Å²) in [6, 6.07) is 16.3. The van der Waals surface area contributed by atoms with Crippen LogP contribution in [0.2, 0.25) is 0 Å². The molecule has 0 bridgehead atoms. The van der Waals surface area contributed by atoms with Crippen molar-refractivity contribution in [1.82, 2.24) is 4.72 Å². The van der Waals surface area contributed by atoms with Gasteiger partial charge in [-0.2, -0.15) is 0 Å². The maximum Gasteiger partial charge on any atom is 0.321 e. The smallest absolute Gasteiger partial charge is 0.321 e. The van der Waals surface area contributed by atoms with Crippen LogP contribution in [-0.2, 0) is 24.3 Å². The van der Waals surface area contributed by atoms with Gasteiger partial charge in [0.2, 0.25) is 10.0 Å². The van der Waals surface area contributed by atoms with E-state index in [0.717, 1.165) is 17.4 Å². The number of carbonyl (C=O) groups is 2. The number of para-hydroxylation sites is 1. The van der Waals surface area contributed by atoms with Crippen molar-refractivity contribution in [2.45, 2.75) is 39.2 Å². The number of carbonyl (C=O) groups excluding carboxylic acids is 2. The molecular weight excluding hydrogens is 416 g/mol. The van der Waals surface area contributed by atoms with E-state index < -0.39 is 34.5 Å². The zero-order chi connectivity index (χ0) is 22.9. The molecule has 1 amide bonds. The quantitative estimate of drug-likeness (QED) is 0.545. The van der Waals surface area contributed by atoms with E-state index in [1.54, 1.807) is 30.3 Å². The zero-order valence-electron chi connectivity index (χ0n) is 17.9. The topological polar surface area (TPSA) is 102 Å². The van der Waals surface area contributed by atoms with Gasteiger partial charge in [0, 0.05) is 11.1 Å². The van der Waals surface area contributed by atoms with Gasteiger partial charge < -0.3 is 10.1 Å². The van der Waals surface area contributed by atoms with Crippen molar-refractivity contribution >= 4 is 33.7 Å². The average Bonchev–Trinajstić information content (AvgIpc) is 2.77. The van der Waals surface area contributed by atoms with Crippen molar-refractivity contribution in [3.63, 3.8) is 0 Å². The molecule has 0 spiro atoms. The molecule has 0 radical (unpaired) electrons. The van der Waals surface area contributed by atoms with Gasteiger partial charge in [0.25, 0.3) is 5.91 Å². The molecule has 0 aliphatic heterocycles. The summed E-state index contributed by atoms with van der Waals surface area (Å²) in [4.78, 5) is 24.4. The number of sulfonamides is 1. The van der Waals surface area contributed by atoms with Crippen LogP contribution >= 0.6 is 0 Å². The number of benzene rings is 2. The molecule has 0 heterocycles. The Labute approximate surface area is 183 Å². The Morgan fingerprint density at radius 1 is 1.03 bits per heavy atom. The van der Waals surface area contributed by atoms with Crippen molar-refractivity contribution in [1.29, 1.82) is 0 Å². The molecule has 2 atom stereocenters. The van der Waals surface area contributed by atoms with Gasteiger partial charge in [-0.05, 0) is 42.5 Å². The summed E-state index contributed by atoms with van der Waals surface area (Å²) in [5.74, 6) is -1.09. The molecule has 2 unspecified atom stereocenters. The van der Waals surface area contributed by atoms with Gasteiger partial charge in [0.15, 0.2) is 6.10 Å². The van der Waals surface area contributed by atoms with E-state index in [0.29, 0.717) is 11.3 Å². The fourth-order valence-electron chi connectivity index (χ4n) is 2.73. The summed E-state index contributed by atoms with van der Waals surface area (Å²) in [6.07, 6.45) is 1.25. The normalized spacial score (nSPS) is 13.5. The Morgan fingerprint density at radius 2 is 1.68 bits per heavy atom. The van der Waals surface area contributed by atoms with Gasteiger partial charge in [-0.25, -0.2) is 13.1 Å². The second-order valence-corrected chi connectivity index (χ2v) is 8.75. The Hall–Kier alpha value is -2.97. The molecule has 7 nitrogen and oxygen atoms in total. The Morgan fingerprint density at radius 3 is 2.35 bits per heavy atom. The van der Waals surface area contributed by atoms with E-state index in [4.69, 9.17) is 4.74 Å². The van der Waals surface area contributed by atoms with Crippen LogP contribution in [-0.4, -0.2) is 32.9 Å². The monoisotopic (exact) mass is 444 g/mol. The Bertz CT molecular complexity index is 1020. The standard InChI is InChI=1S/C23H28N2O5S/c1-4-17(2)20-12-8-9-13-21(20)25-23(27)18(3)30-22(26)16-24-31(28,29)15-14-19-10-6-5-7-11-19/h5-15,17-18,24H,4,16H2,1-3H3,(H,25,27)/b15-14+. The Kier molecular flexibility index (Phi) is 8.96. The highest BCUT2D eigenvalue weighted by atomic mass is 32.2. The first kappa shape index (κ1) is 24.3. The number of amides is 1. The van der Waals surface area contributed by atoms with E-state index in [1.165, 1.54) is 13.0 Å². The highest BCUT2D eigenvalue weighted by Crippen LogP contribution is 2.26. The number of hydrogen-bond donors (Lipinski definition) is 2. The van der Waals surface area contributed by atoms with Crippen LogP contribution in [0, 0.1) is 0 Å². The van der Waals surface area contributed by atoms with Crippen LogP contribution in [0.25, 0.3) is 6.08 Å². The van der Waals surface area contributed by atoms with E-state index >= 15 is 0 Å². The van der Waals surface area contributed by atoms with Gasteiger partial charge in [-0.3, -0.25) is 9.59 Å². The third kappa shape index (κ3) is 7.99. The van der Waals surface area contributed by atoms with Crippen LogP contribution < -0.4 is 10.0 Å². The summed E-state index contributed by atoms with van der Waals surface area (Å²) in [5.41, 5.74) is 2.37. The minimum Gasteiger partial charge on any atom is -0.452 e. The van der Waals surface area contributed by atoms with Crippen LogP contribution in [0.5, 0.6) is 0 Å².